The van der Waals surface area contributed by atoms with Crippen LogP contribution in [-0.2, 0) is 16.1 Å². The molecule has 0 bridgehead atoms. The molecule has 8 heteroatoms. The fraction of sp³-hybridized carbons (Fsp3) is 0.238. The molecule has 0 spiro atoms. The Kier molecular flexibility index (Phi) is 6.17. The van der Waals surface area contributed by atoms with Crippen molar-refractivity contribution < 1.29 is 17.4 Å². The van der Waals surface area contributed by atoms with Crippen LogP contribution in [0.15, 0.2) is 36.4 Å². The number of benzene rings is 1. The second-order valence-corrected chi connectivity index (χ2v) is 7.34. The van der Waals surface area contributed by atoms with E-state index in [2.05, 4.69) is 22.1 Å². The first-order valence-corrected chi connectivity index (χ1v) is 9.66. The van der Waals surface area contributed by atoms with Crippen molar-refractivity contribution in [3.05, 3.63) is 58.9 Å². The molecule has 0 fully saturated rings. The van der Waals surface area contributed by atoms with Crippen LogP contribution in [0.3, 0.4) is 0 Å². The van der Waals surface area contributed by atoms with Gasteiger partial charge in [0.15, 0.2) is 23.0 Å². The number of hydrogen-bond acceptors (Lipinski definition) is 5. The number of aromatic nitrogens is 1. The lowest BCUT2D eigenvalue weighted by Gasteiger charge is -2.27. The fourth-order valence-corrected chi connectivity index (χ4v) is 3.37. The number of carbonyl (C=O) groups is 3. The Labute approximate surface area is 182 Å². The summed E-state index contributed by atoms with van der Waals surface area (Å²) in [5, 5.41) is 2.16. The molecule has 0 saturated carbocycles. The van der Waals surface area contributed by atoms with Crippen LogP contribution in [0.2, 0.25) is 0 Å². The van der Waals surface area contributed by atoms with E-state index in [4.69, 9.17) is 3.07 Å². The molecule has 1 aromatic carbocycles. The van der Waals surface area contributed by atoms with Gasteiger partial charge in [0, 0.05) is 24.3 Å². The SMILES string of the molecule is Cc1cccc(C#C[C@@](C)(CN2Cc3ccc(OI)cc3C2=O)C(=O)NC=O)n1. The van der Waals surface area contributed by atoms with Crippen molar-refractivity contribution in [3.8, 4) is 17.6 Å². The highest BCUT2D eigenvalue weighted by atomic mass is 127. The van der Waals surface area contributed by atoms with Gasteiger partial charge in [-0.05, 0) is 49.6 Å². The Morgan fingerprint density at radius 3 is 2.90 bits per heavy atom. The largest absolute Gasteiger partial charge is 0.428 e. The minimum atomic E-state index is -1.30. The molecule has 0 saturated heterocycles. The van der Waals surface area contributed by atoms with Crippen LogP contribution in [0.5, 0.6) is 5.75 Å². The first-order chi connectivity index (χ1) is 13.9. The van der Waals surface area contributed by atoms with Gasteiger partial charge in [-0.1, -0.05) is 18.1 Å². The summed E-state index contributed by atoms with van der Waals surface area (Å²) >= 11 is 1.75. The number of carbonyl (C=O) groups excluding carboxylic acids is 3. The molecule has 29 heavy (non-hydrogen) atoms. The number of pyridine rings is 1. The van der Waals surface area contributed by atoms with Crippen molar-refractivity contribution in [1.29, 1.82) is 0 Å². The summed E-state index contributed by atoms with van der Waals surface area (Å²) in [6, 6.07) is 10.7. The van der Waals surface area contributed by atoms with E-state index >= 15 is 0 Å². The topological polar surface area (TPSA) is 88.6 Å². The number of fused-ring (bicyclic) bond motifs is 1. The fourth-order valence-electron chi connectivity index (χ4n) is 3.09. The van der Waals surface area contributed by atoms with E-state index in [1.165, 1.54) is 0 Å². The highest BCUT2D eigenvalue weighted by Gasteiger charge is 2.38. The van der Waals surface area contributed by atoms with Crippen molar-refractivity contribution in [2.75, 3.05) is 6.54 Å². The third-order valence-corrected chi connectivity index (χ3v) is 5.11. The zero-order valence-corrected chi connectivity index (χ0v) is 18.0. The zero-order valence-electron chi connectivity index (χ0n) is 15.9. The Morgan fingerprint density at radius 1 is 1.41 bits per heavy atom. The Hall–Kier alpha value is -2.93. The summed E-state index contributed by atoms with van der Waals surface area (Å²) in [5.41, 5.74) is 1.39. The lowest BCUT2D eigenvalue weighted by atomic mass is 9.89. The maximum Gasteiger partial charge on any atom is 0.254 e. The Bertz CT molecular complexity index is 1040. The molecule has 1 atom stereocenters. The maximum atomic E-state index is 12.8. The monoisotopic (exact) mass is 503 g/mol. The molecule has 1 aromatic heterocycles. The van der Waals surface area contributed by atoms with Crippen molar-refractivity contribution in [2.45, 2.75) is 20.4 Å². The lowest BCUT2D eigenvalue weighted by molar-refractivity contribution is -0.131. The van der Waals surface area contributed by atoms with Crippen LogP contribution in [0.25, 0.3) is 0 Å². The van der Waals surface area contributed by atoms with Crippen LogP contribution >= 0.6 is 23.0 Å². The van der Waals surface area contributed by atoms with Gasteiger partial charge in [-0.25, -0.2) is 4.98 Å². The minimum absolute atomic E-state index is 0.0272. The van der Waals surface area contributed by atoms with E-state index in [1.54, 1.807) is 53.0 Å². The van der Waals surface area contributed by atoms with E-state index < -0.39 is 11.3 Å². The summed E-state index contributed by atoms with van der Waals surface area (Å²) in [6.45, 7) is 3.82. The molecular formula is C21H18IN3O4. The average Bonchev–Trinajstić information content (AvgIpc) is 3.01. The van der Waals surface area contributed by atoms with Gasteiger partial charge < -0.3 is 7.97 Å². The number of nitrogens with zero attached hydrogens (tertiary/aromatic N) is 2. The van der Waals surface area contributed by atoms with E-state index in [0.717, 1.165) is 11.3 Å². The van der Waals surface area contributed by atoms with Crippen LogP contribution in [-0.4, -0.2) is 34.7 Å². The van der Waals surface area contributed by atoms with E-state index in [1.807, 2.05) is 25.1 Å². The standard InChI is InChI=1S/C21H18IN3O4/c1-14-4-3-5-16(24-14)8-9-21(2,20(28)23-13-26)12-25-11-15-6-7-17(29-22)10-18(15)19(25)27/h3-7,10,13H,11-12H2,1-2H3,(H,23,26,28)/t21-/m0/s1. The molecule has 1 aliphatic heterocycles. The minimum Gasteiger partial charge on any atom is -0.428 e. The number of imide groups is 1. The van der Waals surface area contributed by atoms with Crippen LogP contribution in [0.4, 0.5) is 0 Å². The van der Waals surface area contributed by atoms with Gasteiger partial charge in [-0.15, -0.1) is 0 Å². The number of halogens is 1. The van der Waals surface area contributed by atoms with Gasteiger partial charge in [-0.3, -0.25) is 19.7 Å². The second-order valence-electron chi connectivity index (χ2n) is 6.89. The predicted molar refractivity (Wildman–Crippen MR) is 114 cm³/mol. The molecule has 7 nitrogen and oxygen atoms in total. The first-order valence-electron chi connectivity index (χ1n) is 8.78. The Morgan fingerprint density at radius 2 is 2.21 bits per heavy atom. The summed E-state index contributed by atoms with van der Waals surface area (Å²) < 4.78 is 5.16. The molecule has 2 heterocycles. The van der Waals surface area contributed by atoms with E-state index in [-0.39, 0.29) is 12.5 Å². The summed E-state index contributed by atoms with van der Waals surface area (Å²) in [5.74, 6) is 5.60. The molecule has 1 aliphatic rings. The molecule has 1 N–H and O–H groups in total. The highest BCUT2D eigenvalue weighted by Crippen LogP contribution is 2.30. The molecule has 148 valence electrons. The van der Waals surface area contributed by atoms with Crippen LogP contribution in [0.1, 0.15) is 34.2 Å². The van der Waals surface area contributed by atoms with Crippen molar-refractivity contribution in [3.63, 3.8) is 0 Å². The third kappa shape index (κ3) is 4.56. The summed E-state index contributed by atoms with van der Waals surface area (Å²) in [4.78, 5) is 42.1. The van der Waals surface area contributed by atoms with Gasteiger partial charge in [0.25, 0.3) is 5.91 Å². The zero-order chi connectivity index (χ0) is 21.0. The Balaban J connectivity index is 1.89. The van der Waals surface area contributed by atoms with Crippen molar-refractivity contribution >= 4 is 41.2 Å². The quantitative estimate of drug-likeness (QED) is 0.385. The molecule has 2 aromatic rings. The number of amides is 3. The number of nitrogens with one attached hydrogen (secondary N) is 1. The van der Waals surface area contributed by atoms with Gasteiger partial charge in [0.2, 0.25) is 12.3 Å². The molecular weight excluding hydrogens is 485 g/mol. The van der Waals surface area contributed by atoms with E-state index in [9.17, 15) is 14.4 Å². The lowest BCUT2D eigenvalue weighted by Crippen LogP contribution is -2.46. The normalized spacial score (nSPS) is 14.3. The van der Waals surface area contributed by atoms with Crippen molar-refractivity contribution in [2.24, 2.45) is 5.41 Å². The van der Waals surface area contributed by atoms with Gasteiger partial charge in [0.1, 0.15) is 16.9 Å². The van der Waals surface area contributed by atoms with Crippen LogP contribution < -0.4 is 8.38 Å². The van der Waals surface area contributed by atoms with Gasteiger partial charge in [-0.2, -0.15) is 0 Å². The summed E-state index contributed by atoms with van der Waals surface area (Å²) in [6.07, 6.45) is 0.317. The predicted octanol–water partition coefficient (Wildman–Crippen LogP) is 2.41. The number of aryl methyl sites for hydroxylation is 1. The van der Waals surface area contributed by atoms with Crippen molar-refractivity contribution in [1.82, 2.24) is 15.2 Å². The smallest absolute Gasteiger partial charge is 0.254 e. The van der Waals surface area contributed by atoms with Crippen LogP contribution in [0, 0.1) is 24.2 Å². The molecule has 0 aliphatic carbocycles. The molecule has 3 amide bonds. The molecule has 3 rings (SSSR count). The van der Waals surface area contributed by atoms with Gasteiger partial charge in [0.05, 0.1) is 0 Å². The number of hydrogen-bond donors (Lipinski definition) is 1. The molecule has 0 radical (unpaired) electrons. The first kappa shape index (κ1) is 20.8. The van der Waals surface area contributed by atoms with E-state index in [0.29, 0.717) is 30.0 Å². The molecule has 0 unspecified atom stereocenters. The number of rotatable bonds is 5. The maximum absolute atomic E-state index is 12.8. The second kappa shape index (κ2) is 8.61. The third-order valence-electron chi connectivity index (χ3n) is 4.60. The average molecular weight is 503 g/mol. The summed E-state index contributed by atoms with van der Waals surface area (Å²) in [7, 11) is 0. The highest BCUT2D eigenvalue weighted by molar-refractivity contribution is 14.1. The van der Waals surface area contributed by atoms with Gasteiger partial charge >= 0.3 is 0 Å².